The molecule has 0 atom stereocenters. The zero-order valence-corrected chi connectivity index (χ0v) is 16.2. The Bertz CT molecular complexity index is 793. The highest BCUT2D eigenvalue weighted by Crippen LogP contribution is 2.24. The molecule has 2 aromatic heterocycles. The molecule has 1 fully saturated rings. The maximum atomic E-state index is 12.2. The number of nitrogens with zero attached hydrogens (tertiary/aromatic N) is 4. The predicted octanol–water partition coefficient (Wildman–Crippen LogP) is 2.62. The van der Waals surface area contributed by atoms with Crippen LogP contribution in [0.3, 0.4) is 0 Å². The molecule has 0 spiro atoms. The highest BCUT2D eigenvalue weighted by atomic mass is 16.6. The lowest BCUT2D eigenvalue weighted by atomic mass is 10.1. The number of amides is 1. The Balaban J connectivity index is 1.76. The van der Waals surface area contributed by atoms with Crippen molar-refractivity contribution in [3.63, 3.8) is 0 Å². The molecule has 0 bridgehead atoms. The average molecular weight is 360 g/mol. The van der Waals surface area contributed by atoms with Gasteiger partial charge in [0.2, 0.25) is 0 Å². The van der Waals surface area contributed by atoms with Gasteiger partial charge in [0.15, 0.2) is 0 Å². The van der Waals surface area contributed by atoms with Crippen molar-refractivity contribution in [1.29, 1.82) is 0 Å². The lowest BCUT2D eigenvalue weighted by Crippen LogP contribution is -2.50. The van der Waals surface area contributed by atoms with Gasteiger partial charge in [0.1, 0.15) is 22.7 Å². The summed E-state index contributed by atoms with van der Waals surface area (Å²) in [5.41, 5.74) is -0.0328. The summed E-state index contributed by atoms with van der Waals surface area (Å²) in [4.78, 5) is 20.7. The van der Waals surface area contributed by atoms with Crippen LogP contribution in [0.15, 0.2) is 24.4 Å². The van der Waals surface area contributed by atoms with Crippen molar-refractivity contribution in [2.24, 2.45) is 0 Å². The van der Waals surface area contributed by atoms with Crippen molar-refractivity contribution in [1.82, 2.24) is 14.3 Å². The van der Waals surface area contributed by atoms with E-state index in [0.29, 0.717) is 31.9 Å². The highest BCUT2D eigenvalue weighted by Gasteiger charge is 2.27. The van der Waals surface area contributed by atoms with Gasteiger partial charge in [0.25, 0.3) is 0 Å². The Morgan fingerprint density at radius 2 is 1.77 bits per heavy atom. The van der Waals surface area contributed by atoms with Crippen molar-refractivity contribution in [2.75, 3.05) is 31.1 Å². The molecular weight excluding hydrogens is 332 g/mol. The molecule has 1 amide bonds. The number of fused-ring (bicyclic) bond motifs is 1. The van der Waals surface area contributed by atoms with E-state index in [-0.39, 0.29) is 6.09 Å². The molecule has 7 heteroatoms. The first-order valence-corrected chi connectivity index (χ1v) is 8.98. The second-order valence-electron chi connectivity index (χ2n) is 8.25. The number of anilines is 1. The second-order valence-corrected chi connectivity index (χ2v) is 8.25. The number of rotatable bonds is 2. The van der Waals surface area contributed by atoms with Crippen LogP contribution in [-0.4, -0.2) is 57.3 Å². The van der Waals surface area contributed by atoms with Crippen LogP contribution in [0.5, 0.6) is 0 Å². The highest BCUT2D eigenvalue weighted by molar-refractivity contribution is 5.68. The molecule has 3 rings (SSSR count). The SMILES string of the molecule is CC(C)(C)OC(=O)N1CCN(c2cccc3nc(C(C)(C)O)cn23)CC1. The van der Waals surface area contributed by atoms with Crippen LogP contribution in [0.25, 0.3) is 5.65 Å². The molecule has 0 saturated carbocycles. The van der Waals surface area contributed by atoms with Crippen molar-refractivity contribution in [3.05, 3.63) is 30.1 Å². The van der Waals surface area contributed by atoms with Gasteiger partial charge in [-0.3, -0.25) is 4.40 Å². The number of pyridine rings is 1. The quantitative estimate of drug-likeness (QED) is 0.891. The zero-order chi connectivity index (χ0) is 19.1. The van der Waals surface area contributed by atoms with Gasteiger partial charge in [-0.15, -0.1) is 0 Å². The van der Waals surface area contributed by atoms with Gasteiger partial charge >= 0.3 is 6.09 Å². The van der Waals surface area contributed by atoms with E-state index in [0.717, 1.165) is 11.5 Å². The molecular formula is C19H28N4O3. The third-order valence-electron chi connectivity index (χ3n) is 4.35. The van der Waals surface area contributed by atoms with Crippen LogP contribution >= 0.6 is 0 Å². The fourth-order valence-corrected chi connectivity index (χ4v) is 2.99. The Morgan fingerprint density at radius 3 is 2.35 bits per heavy atom. The summed E-state index contributed by atoms with van der Waals surface area (Å²) in [6.45, 7) is 11.7. The number of aromatic nitrogens is 2. The number of carbonyl (C=O) groups excluding carboxylic acids is 1. The minimum Gasteiger partial charge on any atom is -0.444 e. The van der Waals surface area contributed by atoms with Crippen LogP contribution in [0.4, 0.5) is 10.6 Å². The molecule has 1 aliphatic rings. The molecule has 1 N–H and O–H groups in total. The molecule has 0 radical (unpaired) electrons. The first-order valence-electron chi connectivity index (χ1n) is 8.98. The van der Waals surface area contributed by atoms with E-state index in [1.807, 2.05) is 49.6 Å². The van der Waals surface area contributed by atoms with Gasteiger partial charge in [-0.05, 0) is 46.8 Å². The Hall–Kier alpha value is -2.28. The summed E-state index contributed by atoms with van der Waals surface area (Å²) in [6.07, 6.45) is 1.62. The molecule has 1 saturated heterocycles. The molecule has 3 heterocycles. The van der Waals surface area contributed by atoms with Crippen LogP contribution in [-0.2, 0) is 10.3 Å². The number of hydrogen-bond acceptors (Lipinski definition) is 5. The maximum absolute atomic E-state index is 12.2. The number of imidazole rings is 1. The summed E-state index contributed by atoms with van der Waals surface area (Å²) in [7, 11) is 0. The van der Waals surface area contributed by atoms with E-state index in [1.165, 1.54) is 0 Å². The molecule has 7 nitrogen and oxygen atoms in total. The molecule has 0 aromatic carbocycles. The van der Waals surface area contributed by atoms with Crippen molar-refractivity contribution < 1.29 is 14.6 Å². The zero-order valence-electron chi connectivity index (χ0n) is 16.2. The van der Waals surface area contributed by atoms with Gasteiger partial charge in [-0.25, -0.2) is 9.78 Å². The van der Waals surface area contributed by atoms with Crippen molar-refractivity contribution in [3.8, 4) is 0 Å². The molecule has 142 valence electrons. The van der Waals surface area contributed by atoms with Gasteiger partial charge in [0, 0.05) is 32.4 Å². The first kappa shape index (κ1) is 18.5. The summed E-state index contributed by atoms with van der Waals surface area (Å²) in [5, 5.41) is 10.2. The first-order chi connectivity index (χ1) is 12.0. The summed E-state index contributed by atoms with van der Waals surface area (Å²) in [6, 6.07) is 5.92. The Morgan fingerprint density at radius 1 is 1.12 bits per heavy atom. The lowest BCUT2D eigenvalue weighted by Gasteiger charge is -2.36. The third-order valence-corrected chi connectivity index (χ3v) is 4.35. The number of piperazine rings is 1. The van der Waals surface area contributed by atoms with Gasteiger partial charge in [0.05, 0.1) is 5.69 Å². The van der Waals surface area contributed by atoms with E-state index in [4.69, 9.17) is 4.74 Å². The van der Waals surface area contributed by atoms with Crippen LogP contribution in [0.2, 0.25) is 0 Å². The Labute approximate surface area is 154 Å². The lowest BCUT2D eigenvalue weighted by molar-refractivity contribution is 0.0240. The topological polar surface area (TPSA) is 70.3 Å². The Kier molecular flexibility index (Phi) is 4.60. The molecule has 26 heavy (non-hydrogen) atoms. The number of ether oxygens (including phenoxy) is 1. The van der Waals surface area contributed by atoms with E-state index in [9.17, 15) is 9.90 Å². The van der Waals surface area contributed by atoms with Crippen LogP contribution in [0.1, 0.15) is 40.3 Å². The summed E-state index contributed by atoms with van der Waals surface area (Å²) in [5.74, 6) is 1.01. The molecule has 0 aliphatic carbocycles. The second kappa shape index (κ2) is 6.46. The van der Waals surface area contributed by atoms with Gasteiger partial charge < -0.3 is 19.6 Å². The van der Waals surface area contributed by atoms with Gasteiger partial charge in [-0.1, -0.05) is 6.07 Å². The van der Waals surface area contributed by atoms with E-state index in [2.05, 4.69) is 9.88 Å². The summed E-state index contributed by atoms with van der Waals surface area (Å²) >= 11 is 0. The van der Waals surface area contributed by atoms with E-state index < -0.39 is 11.2 Å². The molecule has 1 aliphatic heterocycles. The van der Waals surface area contributed by atoms with Crippen molar-refractivity contribution in [2.45, 2.75) is 45.8 Å². The van der Waals surface area contributed by atoms with E-state index >= 15 is 0 Å². The minimum atomic E-state index is -0.987. The smallest absolute Gasteiger partial charge is 0.410 e. The fraction of sp³-hybridized carbons (Fsp3) is 0.579. The third kappa shape index (κ3) is 3.93. The number of carbonyl (C=O) groups is 1. The maximum Gasteiger partial charge on any atom is 0.410 e. The van der Waals surface area contributed by atoms with Crippen molar-refractivity contribution >= 4 is 17.6 Å². The van der Waals surface area contributed by atoms with Gasteiger partial charge in [-0.2, -0.15) is 0 Å². The monoisotopic (exact) mass is 360 g/mol. The largest absolute Gasteiger partial charge is 0.444 e. The minimum absolute atomic E-state index is 0.262. The predicted molar refractivity (Wildman–Crippen MR) is 100 cm³/mol. The standard InChI is InChI=1S/C19H28N4O3/c1-18(2,3)26-17(24)22-11-9-21(10-12-22)16-8-6-7-15-20-14(13-23(15)16)19(4,5)25/h6-8,13,25H,9-12H2,1-5H3. The van der Waals surface area contributed by atoms with E-state index in [1.54, 1.807) is 18.7 Å². The van der Waals surface area contributed by atoms with Crippen LogP contribution < -0.4 is 4.90 Å². The summed E-state index contributed by atoms with van der Waals surface area (Å²) < 4.78 is 7.45. The fourth-order valence-electron chi connectivity index (χ4n) is 2.99. The number of aliphatic hydroxyl groups is 1. The molecule has 2 aromatic rings. The average Bonchev–Trinajstić information content (AvgIpc) is 2.98. The normalized spacial score (nSPS) is 16.2. The van der Waals surface area contributed by atoms with Crippen LogP contribution in [0, 0.1) is 0 Å². The molecule has 0 unspecified atom stereocenters. The number of hydrogen-bond donors (Lipinski definition) is 1.